The van der Waals surface area contributed by atoms with Crippen LogP contribution < -0.4 is 0 Å². The maximum Gasteiger partial charge on any atom is 0.227 e. The van der Waals surface area contributed by atoms with Crippen molar-refractivity contribution >= 4 is 5.78 Å². The summed E-state index contributed by atoms with van der Waals surface area (Å²) >= 11 is 0. The highest BCUT2D eigenvalue weighted by molar-refractivity contribution is 5.95. The summed E-state index contributed by atoms with van der Waals surface area (Å²) in [5.74, 6) is 0.919. The molecular weight excluding hydrogens is 270 g/mol. The van der Waals surface area contributed by atoms with Crippen LogP contribution in [-0.4, -0.2) is 30.7 Å². The second-order valence-electron chi connectivity index (χ2n) is 4.58. The van der Waals surface area contributed by atoms with Crippen LogP contribution in [0, 0.1) is 0 Å². The molecule has 7 heteroatoms. The van der Waals surface area contributed by atoms with Gasteiger partial charge in [-0.3, -0.25) is 14.5 Å². The van der Waals surface area contributed by atoms with Crippen LogP contribution >= 0.6 is 0 Å². The molecule has 0 atom stereocenters. The van der Waals surface area contributed by atoms with Gasteiger partial charge in [-0.1, -0.05) is 5.16 Å². The van der Waals surface area contributed by atoms with Crippen LogP contribution in [0.4, 0.5) is 0 Å². The number of ketones is 1. The van der Waals surface area contributed by atoms with Gasteiger partial charge in [0, 0.05) is 44.0 Å². The standard InChI is InChI=1S/C14H13N5O2/c1-19-9-11(8-16-19)12(20)4-5-13-17-14(18-21-13)10-3-2-6-15-7-10/h2-3,6-9H,4-5H2,1H3. The largest absolute Gasteiger partial charge is 0.339 e. The topological polar surface area (TPSA) is 86.7 Å². The fourth-order valence-electron chi connectivity index (χ4n) is 1.90. The maximum absolute atomic E-state index is 12.0. The highest BCUT2D eigenvalue weighted by atomic mass is 16.5. The molecule has 0 aliphatic carbocycles. The van der Waals surface area contributed by atoms with Crippen molar-refractivity contribution in [1.29, 1.82) is 0 Å². The van der Waals surface area contributed by atoms with Gasteiger partial charge in [-0.2, -0.15) is 10.1 Å². The van der Waals surface area contributed by atoms with E-state index in [1.807, 2.05) is 6.07 Å². The Hall–Kier alpha value is -2.83. The van der Waals surface area contributed by atoms with Gasteiger partial charge >= 0.3 is 0 Å². The van der Waals surface area contributed by atoms with Gasteiger partial charge in [-0.05, 0) is 12.1 Å². The number of carbonyl (C=O) groups excluding carboxylic acids is 1. The minimum absolute atomic E-state index is 0.00391. The number of aryl methyl sites for hydroxylation is 2. The van der Waals surface area contributed by atoms with E-state index in [4.69, 9.17) is 4.52 Å². The number of hydrogen-bond acceptors (Lipinski definition) is 6. The second kappa shape index (κ2) is 5.66. The molecule has 0 radical (unpaired) electrons. The fraction of sp³-hybridized carbons (Fsp3) is 0.214. The van der Waals surface area contributed by atoms with Gasteiger partial charge in [0.25, 0.3) is 0 Å². The monoisotopic (exact) mass is 283 g/mol. The SMILES string of the molecule is Cn1cc(C(=O)CCc2nc(-c3cccnc3)no2)cn1. The molecule has 0 aromatic carbocycles. The van der Waals surface area contributed by atoms with Crippen molar-refractivity contribution < 1.29 is 9.32 Å². The van der Waals surface area contributed by atoms with Gasteiger partial charge in [0.2, 0.25) is 11.7 Å². The summed E-state index contributed by atoms with van der Waals surface area (Å²) in [7, 11) is 1.77. The normalized spacial score (nSPS) is 10.7. The predicted octanol–water partition coefficient (Wildman–Crippen LogP) is 1.68. The summed E-state index contributed by atoms with van der Waals surface area (Å²) < 4.78 is 6.75. The Morgan fingerprint density at radius 3 is 3.00 bits per heavy atom. The molecule has 0 bridgehead atoms. The zero-order valence-corrected chi connectivity index (χ0v) is 11.4. The molecule has 3 rings (SSSR count). The van der Waals surface area contributed by atoms with E-state index in [0.29, 0.717) is 30.1 Å². The van der Waals surface area contributed by atoms with E-state index in [0.717, 1.165) is 5.56 Å². The highest BCUT2D eigenvalue weighted by Crippen LogP contribution is 2.15. The van der Waals surface area contributed by atoms with Crippen LogP contribution in [0.3, 0.4) is 0 Å². The lowest BCUT2D eigenvalue weighted by molar-refractivity contribution is 0.0979. The zero-order chi connectivity index (χ0) is 14.7. The Morgan fingerprint density at radius 2 is 2.29 bits per heavy atom. The van der Waals surface area contributed by atoms with Crippen molar-refractivity contribution in [2.45, 2.75) is 12.8 Å². The number of Topliss-reactive ketones (excluding diaryl/α,β-unsaturated/α-hetero) is 1. The van der Waals surface area contributed by atoms with Crippen LogP contribution in [0.15, 0.2) is 41.4 Å². The maximum atomic E-state index is 12.0. The average Bonchev–Trinajstić information content (AvgIpc) is 3.15. The minimum Gasteiger partial charge on any atom is -0.339 e. The Morgan fingerprint density at radius 1 is 1.38 bits per heavy atom. The van der Waals surface area contributed by atoms with Gasteiger partial charge in [0.1, 0.15) is 0 Å². The van der Waals surface area contributed by atoms with Crippen molar-refractivity contribution in [2.24, 2.45) is 7.05 Å². The third-order valence-corrected chi connectivity index (χ3v) is 2.98. The number of pyridine rings is 1. The number of nitrogens with zero attached hydrogens (tertiary/aromatic N) is 5. The molecule has 3 heterocycles. The summed E-state index contributed by atoms with van der Waals surface area (Å²) in [4.78, 5) is 20.2. The smallest absolute Gasteiger partial charge is 0.227 e. The predicted molar refractivity (Wildman–Crippen MR) is 73.4 cm³/mol. The van der Waals surface area contributed by atoms with Crippen LogP contribution in [-0.2, 0) is 13.5 Å². The molecule has 0 N–H and O–H groups in total. The molecule has 0 aliphatic rings. The van der Waals surface area contributed by atoms with Crippen molar-refractivity contribution in [3.05, 3.63) is 48.4 Å². The van der Waals surface area contributed by atoms with Crippen molar-refractivity contribution in [1.82, 2.24) is 24.9 Å². The van der Waals surface area contributed by atoms with E-state index < -0.39 is 0 Å². The number of rotatable bonds is 5. The molecule has 0 saturated carbocycles. The first kappa shape index (κ1) is 13.2. The highest BCUT2D eigenvalue weighted by Gasteiger charge is 2.12. The lowest BCUT2D eigenvalue weighted by atomic mass is 10.1. The fourth-order valence-corrected chi connectivity index (χ4v) is 1.90. The Bertz CT molecular complexity index is 748. The van der Waals surface area contributed by atoms with E-state index in [1.165, 1.54) is 0 Å². The Kier molecular flexibility index (Phi) is 3.55. The number of hydrogen-bond donors (Lipinski definition) is 0. The van der Waals surface area contributed by atoms with Crippen molar-refractivity contribution in [2.75, 3.05) is 0 Å². The van der Waals surface area contributed by atoms with Gasteiger partial charge in [-0.25, -0.2) is 0 Å². The molecule has 3 aromatic rings. The van der Waals surface area contributed by atoms with Gasteiger partial charge in [0.15, 0.2) is 5.78 Å². The third-order valence-electron chi connectivity index (χ3n) is 2.98. The molecule has 0 unspecified atom stereocenters. The van der Waals surface area contributed by atoms with E-state index in [1.54, 1.807) is 42.6 Å². The lowest BCUT2D eigenvalue weighted by Crippen LogP contribution is -2.00. The first-order valence-electron chi connectivity index (χ1n) is 6.47. The Labute approximate surface area is 120 Å². The molecule has 3 aromatic heterocycles. The van der Waals surface area contributed by atoms with E-state index in [2.05, 4.69) is 20.2 Å². The third kappa shape index (κ3) is 3.02. The quantitative estimate of drug-likeness (QED) is 0.662. The molecule has 106 valence electrons. The molecule has 0 aliphatic heterocycles. The van der Waals surface area contributed by atoms with E-state index in [9.17, 15) is 4.79 Å². The van der Waals surface area contributed by atoms with Gasteiger partial charge in [-0.15, -0.1) is 0 Å². The number of carbonyl (C=O) groups is 1. The summed E-state index contributed by atoms with van der Waals surface area (Å²) in [6, 6.07) is 3.65. The van der Waals surface area contributed by atoms with Crippen LogP contribution in [0.1, 0.15) is 22.7 Å². The summed E-state index contributed by atoms with van der Waals surface area (Å²) in [6.45, 7) is 0. The molecule has 21 heavy (non-hydrogen) atoms. The van der Waals surface area contributed by atoms with Gasteiger partial charge in [0.05, 0.1) is 11.8 Å². The van der Waals surface area contributed by atoms with E-state index >= 15 is 0 Å². The summed E-state index contributed by atoms with van der Waals surface area (Å²) in [6.07, 6.45) is 7.29. The first-order valence-corrected chi connectivity index (χ1v) is 6.47. The van der Waals surface area contributed by atoms with Crippen LogP contribution in [0.25, 0.3) is 11.4 Å². The first-order chi connectivity index (χ1) is 10.2. The molecular formula is C14H13N5O2. The number of aromatic nitrogens is 5. The van der Waals surface area contributed by atoms with Gasteiger partial charge < -0.3 is 4.52 Å². The van der Waals surface area contributed by atoms with Crippen molar-refractivity contribution in [3.63, 3.8) is 0 Å². The summed E-state index contributed by atoms with van der Waals surface area (Å²) in [5, 5.41) is 7.86. The molecule has 0 fully saturated rings. The molecule has 7 nitrogen and oxygen atoms in total. The second-order valence-corrected chi connectivity index (χ2v) is 4.58. The Balaban J connectivity index is 1.64. The van der Waals surface area contributed by atoms with E-state index in [-0.39, 0.29) is 5.78 Å². The molecule has 0 spiro atoms. The average molecular weight is 283 g/mol. The lowest BCUT2D eigenvalue weighted by Gasteiger charge is -1.93. The summed E-state index contributed by atoms with van der Waals surface area (Å²) in [5.41, 5.74) is 1.37. The minimum atomic E-state index is 0.00391. The van der Waals surface area contributed by atoms with Crippen LogP contribution in [0.5, 0.6) is 0 Å². The zero-order valence-electron chi connectivity index (χ0n) is 11.4. The van der Waals surface area contributed by atoms with Crippen molar-refractivity contribution in [3.8, 4) is 11.4 Å². The molecule has 0 amide bonds. The molecule has 0 saturated heterocycles. The van der Waals surface area contributed by atoms with Crippen LogP contribution in [0.2, 0.25) is 0 Å².